The van der Waals surface area contributed by atoms with Gasteiger partial charge in [0.2, 0.25) is 5.91 Å². The van der Waals surface area contributed by atoms with Gasteiger partial charge in [0.25, 0.3) is 5.91 Å². The third-order valence-corrected chi connectivity index (χ3v) is 5.89. The quantitative estimate of drug-likeness (QED) is 0.333. The molecule has 28 heavy (non-hydrogen) atoms. The SMILES string of the molecule is CCCCCCCCCCCCNC1CC(=O)N(c2ccc(C)c(Cl)c2)C1=O. The van der Waals surface area contributed by atoms with Crippen LogP contribution in [0.1, 0.15) is 83.1 Å². The zero-order valence-corrected chi connectivity index (χ0v) is 18.2. The monoisotopic (exact) mass is 406 g/mol. The number of anilines is 1. The number of hydrogen-bond acceptors (Lipinski definition) is 3. The molecule has 1 heterocycles. The lowest BCUT2D eigenvalue weighted by molar-refractivity contribution is -0.121. The average Bonchev–Trinajstić information content (AvgIpc) is 2.95. The summed E-state index contributed by atoms with van der Waals surface area (Å²) in [6.45, 7) is 4.93. The third kappa shape index (κ3) is 6.89. The van der Waals surface area contributed by atoms with E-state index in [9.17, 15) is 9.59 Å². The number of imide groups is 1. The summed E-state index contributed by atoms with van der Waals surface area (Å²) in [6, 6.07) is 4.90. The van der Waals surface area contributed by atoms with Gasteiger partial charge >= 0.3 is 0 Å². The highest BCUT2D eigenvalue weighted by Gasteiger charge is 2.39. The van der Waals surface area contributed by atoms with E-state index in [0.29, 0.717) is 10.7 Å². The number of nitrogens with one attached hydrogen (secondary N) is 1. The molecule has 0 bridgehead atoms. The predicted molar refractivity (Wildman–Crippen MR) is 117 cm³/mol. The normalized spacial score (nSPS) is 17.0. The summed E-state index contributed by atoms with van der Waals surface area (Å²) < 4.78 is 0. The van der Waals surface area contributed by atoms with Crippen LogP contribution in [0.5, 0.6) is 0 Å². The number of rotatable bonds is 13. The number of benzene rings is 1. The Bertz CT molecular complexity index is 647. The number of carbonyl (C=O) groups excluding carboxylic acids is 2. The summed E-state index contributed by atoms with van der Waals surface area (Å²) in [6.07, 6.45) is 13.1. The van der Waals surface area contributed by atoms with E-state index >= 15 is 0 Å². The van der Waals surface area contributed by atoms with Gasteiger partial charge in [0, 0.05) is 5.02 Å². The van der Waals surface area contributed by atoms with Crippen molar-refractivity contribution >= 4 is 29.1 Å². The van der Waals surface area contributed by atoms with Crippen LogP contribution in [0.15, 0.2) is 18.2 Å². The molecule has 4 nitrogen and oxygen atoms in total. The van der Waals surface area contributed by atoms with Gasteiger partial charge in [-0.05, 0) is 37.6 Å². The van der Waals surface area contributed by atoms with E-state index in [1.807, 2.05) is 13.0 Å². The zero-order chi connectivity index (χ0) is 20.4. The van der Waals surface area contributed by atoms with Crippen molar-refractivity contribution in [1.82, 2.24) is 5.32 Å². The first-order chi connectivity index (χ1) is 13.5. The molecule has 0 aliphatic carbocycles. The molecule has 1 aromatic carbocycles. The van der Waals surface area contributed by atoms with Gasteiger partial charge < -0.3 is 5.32 Å². The number of unbranched alkanes of at least 4 members (excludes halogenated alkanes) is 9. The van der Waals surface area contributed by atoms with Crippen LogP contribution in [0.4, 0.5) is 5.69 Å². The van der Waals surface area contributed by atoms with E-state index in [1.165, 1.54) is 62.7 Å². The van der Waals surface area contributed by atoms with E-state index in [1.54, 1.807) is 12.1 Å². The molecule has 0 saturated carbocycles. The van der Waals surface area contributed by atoms with Crippen molar-refractivity contribution in [2.45, 2.75) is 90.5 Å². The number of carbonyl (C=O) groups is 2. The molecule has 1 saturated heterocycles. The largest absolute Gasteiger partial charge is 0.305 e. The average molecular weight is 407 g/mol. The summed E-state index contributed by atoms with van der Waals surface area (Å²) in [5.41, 5.74) is 1.49. The van der Waals surface area contributed by atoms with Crippen LogP contribution in [0, 0.1) is 6.92 Å². The van der Waals surface area contributed by atoms with E-state index in [0.717, 1.165) is 18.5 Å². The first kappa shape index (κ1) is 22.9. The predicted octanol–water partition coefficient (Wildman–Crippen LogP) is 5.79. The Labute approximate surface area is 175 Å². The van der Waals surface area contributed by atoms with Crippen molar-refractivity contribution in [1.29, 1.82) is 0 Å². The number of hydrogen-bond donors (Lipinski definition) is 1. The minimum absolute atomic E-state index is 0.162. The molecule has 1 aliphatic rings. The lowest BCUT2D eigenvalue weighted by atomic mass is 10.1. The first-order valence-electron chi connectivity index (χ1n) is 10.9. The first-order valence-corrected chi connectivity index (χ1v) is 11.3. The highest BCUT2D eigenvalue weighted by atomic mass is 35.5. The lowest BCUT2D eigenvalue weighted by Gasteiger charge is -2.16. The number of nitrogens with zero attached hydrogens (tertiary/aromatic N) is 1. The minimum Gasteiger partial charge on any atom is -0.305 e. The van der Waals surface area contributed by atoms with Gasteiger partial charge in [-0.1, -0.05) is 82.4 Å². The summed E-state index contributed by atoms with van der Waals surface area (Å²) >= 11 is 6.15. The molecule has 1 unspecified atom stereocenters. The van der Waals surface area contributed by atoms with Gasteiger partial charge in [-0.3, -0.25) is 9.59 Å². The second kappa shape index (κ2) is 12.2. The van der Waals surface area contributed by atoms with Gasteiger partial charge in [0.05, 0.1) is 18.2 Å². The number of amides is 2. The van der Waals surface area contributed by atoms with E-state index in [-0.39, 0.29) is 18.2 Å². The van der Waals surface area contributed by atoms with Crippen molar-refractivity contribution in [2.24, 2.45) is 0 Å². The maximum atomic E-state index is 12.6. The molecular formula is C23H35ClN2O2. The van der Waals surface area contributed by atoms with Crippen molar-refractivity contribution in [3.8, 4) is 0 Å². The van der Waals surface area contributed by atoms with E-state index in [4.69, 9.17) is 11.6 Å². The standard InChI is InChI=1S/C23H35ClN2O2/c1-3-4-5-6-7-8-9-10-11-12-15-25-21-17-22(27)26(23(21)28)19-14-13-18(2)20(24)16-19/h13-14,16,21,25H,3-12,15,17H2,1-2H3. The molecule has 1 N–H and O–H groups in total. The van der Waals surface area contributed by atoms with Crippen LogP contribution in [0.3, 0.4) is 0 Å². The fourth-order valence-corrected chi connectivity index (χ4v) is 3.85. The molecule has 5 heteroatoms. The highest BCUT2D eigenvalue weighted by molar-refractivity contribution is 6.32. The Kier molecular flexibility index (Phi) is 10.0. The van der Waals surface area contributed by atoms with Crippen molar-refractivity contribution in [3.63, 3.8) is 0 Å². The van der Waals surface area contributed by atoms with Crippen molar-refractivity contribution < 1.29 is 9.59 Å². The maximum absolute atomic E-state index is 12.6. The smallest absolute Gasteiger partial charge is 0.251 e. The van der Waals surface area contributed by atoms with Gasteiger partial charge in [0.1, 0.15) is 0 Å². The molecule has 2 rings (SSSR count). The minimum atomic E-state index is -0.411. The van der Waals surface area contributed by atoms with Gasteiger partial charge in [-0.25, -0.2) is 4.90 Å². The van der Waals surface area contributed by atoms with Gasteiger partial charge in [0.15, 0.2) is 0 Å². The Morgan fingerprint density at radius 3 is 2.21 bits per heavy atom. The summed E-state index contributed by atoms with van der Waals surface area (Å²) in [4.78, 5) is 26.2. The summed E-state index contributed by atoms with van der Waals surface area (Å²) in [5, 5.41) is 3.84. The summed E-state index contributed by atoms with van der Waals surface area (Å²) in [7, 11) is 0. The molecule has 0 aromatic heterocycles. The van der Waals surface area contributed by atoms with Crippen LogP contribution >= 0.6 is 11.6 Å². The van der Waals surface area contributed by atoms with Gasteiger partial charge in [-0.2, -0.15) is 0 Å². The molecular weight excluding hydrogens is 372 g/mol. The van der Waals surface area contributed by atoms with Crippen molar-refractivity contribution in [2.75, 3.05) is 11.4 Å². The Hall–Kier alpha value is -1.39. The Morgan fingerprint density at radius 2 is 1.61 bits per heavy atom. The molecule has 0 radical (unpaired) electrons. The fraction of sp³-hybridized carbons (Fsp3) is 0.652. The van der Waals surface area contributed by atoms with Crippen LogP contribution in [-0.2, 0) is 9.59 Å². The highest BCUT2D eigenvalue weighted by Crippen LogP contribution is 2.27. The van der Waals surface area contributed by atoms with Crippen LogP contribution in [0.25, 0.3) is 0 Å². The fourth-order valence-electron chi connectivity index (χ4n) is 3.67. The van der Waals surface area contributed by atoms with Crippen LogP contribution < -0.4 is 10.2 Å². The van der Waals surface area contributed by atoms with Crippen LogP contribution in [0.2, 0.25) is 5.02 Å². The topological polar surface area (TPSA) is 49.4 Å². The second-order valence-electron chi connectivity index (χ2n) is 7.89. The van der Waals surface area contributed by atoms with Crippen molar-refractivity contribution in [3.05, 3.63) is 28.8 Å². The molecule has 2 amide bonds. The molecule has 1 aliphatic heterocycles. The second-order valence-corrected chi connectivity index (χ2v) is 8.30. The lowest BCUT2D eigenvalue weighted by Crippen LogP contribution is -2.39. The molecule has 156 valence electrons. The Morgan fingerprint density at radius 1 is 1.00 bits per heavy atom. The maximum Gasteiger partial charge on any atom is 0.251 e. The zero-order valence-electron chi connectivity index (χ0n) is 17.4. The number of halogens is 1. The third-order valence-electron chi connectivity index (χ3n) is 5.48. The Balaban J connectivity index is 1.63. The summed E-state index contributed by atoms with van der Waals surface area (Å²) in [5.74, 6) is -0.331. The molecule has 0 spiro atoms. The molecule has 1 fully saturated rings. The van der Waals surface area contributed by atoms with Crippen LogP contribution in [-0.4, -0.2) is 24.4 Å². The molecule has 1 aromatic rings. The van der Waals surface area contributed by atoms with E-state index in [2.05, 4.69) is 12.2 Å². The molecule has 1 atom stereocenters. The van der Waals surface area contributed by atoms with Gasteiger partial charge in [-0.15, -0.1) is 0 Å². The number of aryl methyl sites for hydroxylation is 1. The van der Waals surface area contributed by atoms with E-state index < -0.39 is 6.04 Å².